The molecule has 0 radical (unpaired) electrons. The summed E-state index contributed by atoms with van der Waals surface area (Å²) < 4.78 is 43.0. The summed E-state index contributed by atoms with van der Waals surface area (Å²) in [5.41, 5.74) is 6.15. The van der Waals surface area contributed by atoms with E-state index < -0.39 is 17.8 Å². The Morgan fingerprint density at radius 2 is 1.64 bits per heavy atom. The van der Waals surface area contributed by atoms with Gasteiger partial charge in [0.1, 0.15) is 5.76 Å². The molecule has 1 heterocycles. The molecule has 0 fully saturated rings. The molecular formula is C16H16F3NO2. The van der Waals surface area contributed by atoms with Crippen molar-refractivity contribution in [1.82, 2.24) is 0 Å². The van der Waals surface area contributed by atoms with Crippen LogP contribution in [0.25, 0.3) is 11.3 Å². The number of halogens is 3. The minimum atomic E-state index is -4.67. The molecule has 0 aliphatic rings. The number of hydrogen-bond donors (Lipinski definition) is 1. The van der Waals surface area contributed by atoms with Gasteiger partial charge in [-0.3, -0.25) is 4.79 Å². The van der Waals surface area contributed by atoms with E-state index in [0.717, 1.165) is 5.56 Å². The van der Waals surface area contributed by atoms with Gasteiger partial charge >= 0.3 is 6.18 Å². The number of benzene rings is 1. The van der Waals surface area contributed by atoms with Crippen LogP contribution in [0.5, 0.6) is 0 Å². The molecule has 0 bridgehead atoms. The number of alkyl halides is 3. The molecule has 2 N–H and O–H groups in total. The van der Waals surface area contributed by atoms with Crippen molar-refractivity contribution < 1.29 is 22.4 Å². The summed E-state index contributed by atoms with van der Waals surface area (Å²) >= 11 is 0. The number of carbonyl (C=O) groups excluding carboxylic acids is 1. The van der Waals surface area contributed by atoms with Crippen LogP contribution in [-0.2, 0) is 11.6 Å². The van der Waals surface area contributed by atoms with Crippen molar-refractivity contribution in [3.05, 3.63) is 47.2 Å². The second kappa shape index (κ2) is 5.19. The minimum Gasteiger partial charge on any atom is -0.451 e. The van der Waals surface area contributed by atoms with Gasteiger partial charge in [0.15, 0.2) is 0 Å². The number of rotatable bonds is 2. The van der Waals surface area contributed by atoms with Gasteiger partial charge in [0, 0.05) is 11.6 Å². The second-order valence-electron chi connectivity index (χ2n) is 6.04. The van der Waals surface area contributed by atoms with Gasteiger partial charge in [-0.25, -0.2) is 0 Å². The van der Waals surface area contributed by atoms with E-state index in [4.69, 9.17) is 10.2 Å². The molecule has 1 aromatic heterocycles. The van der Waals surface area contributed by atoms with Crippen LogP contribution in [0.4, 0.5) is 13.2 Å². The van der Waals surface area contributed by atoms with Gasteiger partial charge in [-0.2, -0.15) is 13.2 Å². The van der Waals surface area contributed by atoms with Gasteiger partial charge < -0.3 is 10.2 Å². The van der Waals surface area contributed by atoms with Gasteiger partial charge in [0.05, 0.1) is 5.56 Å². The highest BCUT2D eigenvalue weighted by atomic mass is 19.4. The average Bonchev–Trinajstić information content (AvgIpc) is 2.82. The maximum Gasteiger partial charge on any atom is 0.449 e. The van der Waals surface area contributed by atoms with Crippen LogP contribution >= 0.6 is 0 Å². The van der Waals surface area contributed by atoms with Crippen LogP contribution in [0.2, 0.25) is 0 Å². The molecule has 0 spiro atoms. The standard InChI is InChI=1S/C16H16F3NO2/c1-15(2,3)10-6-4-9(5-7-10)13-11(14(20)21)8-12(22-13)16(17,18)19/h4-8H,1-3H3,(H2,20,21). The molecule has 0 saturated carbocycles. The monoisotopic (exact) mass is 311 g/mol. The SMILES string of the molecule is CC(C)(C)c1ccc(-c2oc(C(F)(F)F)cc2C(N)=O)cc1. The van der Waals surface area contributed by atoms with Gasteiger partial charge in [-0.05, 0) is 11.0 Å². The molecule has 0 aliphatic carbocycles. The molecular weight excluding hydrogens is 295 g/mol. The first kappa shape index (κ1) is 16.1. The van der Waals surface area contributed by atoms with Crippen molar-refractivity contribution in [2.24, 2.45) is 5.73 Å². The van der Waals surface area contributed by atoms with Crippen LogP contribution < -0.4 is 5.73 Å². The Morgan fingerprint density at radius 1 is 1.09 bits per heavy atom. The highest BCUT2D eigenvalue weighted by Crippen LogP contribution is 2.37. The Kier molecular flexibility index (Phi) is 3.81. The minimum absolute atomic E-state index is 0.0919. The molecule has 0 saturated heterocycles. The summed E-state index contributed by atoms with van der Waals surface area (Å²) in [7, 11) is 0. The Hall–Kier alpha value is -2.24. The summed E-state index contributed by atoms with van der Waals surface area (Å²) in [6.07, 6.45) is -4.67. The lowest BCUT2D eigenvalue weighted by atomic mass is 9.86. The molecule has 118 valence electrons. The molecule has 3 nitrogen and oxygen atoms in total. The Balaban J connectivity index is 2.52. The van der Waals surface area contributed by atoms with Crippen molar-refractivity contribution in [3.8, 4) is 11.3 Å². The van der Waals surface area contributed by atoms with Crippen molar-refractivity contribution in [3.63, 3.8) is 0 Å². The number of carbonyl (C=O) groups is 1. The zero-order chi connectivity index (χ0) is 16.7. The molecule has 22 heavy (non-hydrogen) atoms. The normalized spacial score (nSPS) is 12.5. The fourth-order valence-corrected chi connectivity index (χ4v) is 2.05. The molecule has 1 aromatic carbocycles. The molecule has 2 rings (SSSR count). The topological polar surface area (TPSA) is 56.2 Å². The Labute approximate surface area is 125 Å². The molecule has 0 unspecified atom stereocenters. The van der Waals surface area contributed by atoms with E-state index in [-0.39, 0.29) is 16.7 Å². The third-order valence-corrected chi connectivity index (χ3v) is 3.29. The van der Waals surface area contributed by atoms with Crippen LogP contribution in [0.15, 0.2) is 34.7 Å². The quantitative estimate of drug-likeness (QED) is 0.895. The van der Waals surface area contributed by atoms with Crippen molar-refractivity contribution in [1.29, 1.82) is 0 Å². The Morgan fingerprint density at radius 3 is 2.05 bits per heavy atom. The van der Waals surface area contributed by atoms with Gasteiger partial charge in [-0.15, -0.1) is 0 Å². The van der Waals surface area contributed by atoms with Gasteiger partial charge in [0.25, 0.3) is 5.91 Å². The third-order valence-electron chi connectivity index (χ3n) is 3.29. The van der Waals surface area contributed by atoms with Crippen LogP contribution in [0.3, 0.4) is 0 Å². The molecule has 2 aromatic rings. The third kappa shape index (κ3) is 3.16. The first-order valence-corrected chi connectivity index (χ1v) is 6.62. The summed E-state index contributed by atoms with van der Waals surface area (Å²) in [6, 6.07) is 7.44. The van der Waals surface area contributed by atoms with Crippen molar-refractivity contribution in [2.45, 2.75) is 32.4 Å². The van der Waals surface area contributed by atoms with E-state index in [0.29, 0.717) is 11.6 Å². The fourth-order valence-electron chi connectivity index (χ4n) is 2.05. The highest BCUT2D eigenvalue weighted by Gasteiger charge is 2.37. The second-order valence-corrected chi connectivity index (χ2v) is 6.04. The van der Waals surface area contributed by atoms with E-state index in [2.05, 4.69) is 0 Å². The zero-order valence-electron chi connectivity index (χ0n) is 12.4. The predicted molar refractivity (Wildman–Crippen MR) is 76.4 cm³/mol. The van der Waals surface area contributed by atoms with Crippen LogP contribution in [-0.4, -0.2) is 5.91 Å². The van der Waals surface area contributed by atoms with E-state index in [1.165, 1.54) is 0 Å². The van der Waals surface area contributed by atoms with Crippen LogP contribution in [0.1, 0.15) is 42.5 Å². The predicted octanol–water partition coefficient (Wildman–Crippen LogP) is 4.36. The zero-order valence-corrected chi connectivity index (χ0v) is 12.4. The maximum atomic E-state index is 12.7. The largest absolute Gasteiger partial charge is 0.451 e. The average molecular weight is 311 g/mol. The Bertz CT molecular complexity index is 692. The molecule has 1 amide bonds. The lowest BCUT2D eigenvalue weighted by molar-refractivity contribution is -0.152. The van der Waals surface area contributed by atoms with E-state index in [9.17, 15) is 18.0 Å². The summed E-state index contributed by atoms with van der Waals surface area (Å²) in [6.45, 7) is 6.06. The fraction of sp³-hybridized carbons (Fsp3) is 0.312. The van der Waals surface area contributed by atoms with Crippen molar-refractivity contribution in [2.75, 3.05) is 0 Å². The first-order chi connectivity index (χ1) is 10.00. The molecule has 0 atom stereocenters. The maximum absolute atomic E-state index is 12.7. The van der Waals surface area contributed by atoms with Gasteiger partial charge in [-0.1, -0.05) is 45.0 Å². The van der Waals surface area contributed by atoms with E-state index >= 15 is 0 Å². The lowest BCUT2D eigenvalue weighted by Gasteiger charge is -2.19. The highest BCUT2D eigenvalue weighted by molar-refractivity contribution is 5.98. The number of furan rings is 1. The smallest absolute Gasteiger partial charge is 0.449 e. The molecule has 0 aliphatic heterocycles. The number of primary amides is 1. The number of amides is 1. The molecule has 6 heteroatoms. The first-order valence-electron chi connectivity index (χ1n) is 6.62. The van der Waals surface area contributed by atoms with Gasteiger partial charge in [0.2, 0.25) is 5.76 Å². The summed E-state index contributed by atoms with van der Waals surface area (Å²) in [5.74, 6) is -2.37. The van der Waals surface area contributed by atoms with E-state index in [1.807, 2.05) is 20.8 Å². The lowest BCUT2D eigenvalue weighted by Crippen LogP contribution is -2.12. The number of hydrogen-bond acceptors (Lipinski definition) is 2. The van der Waals surface area contributed by atoms with Crippen LogP contribution in [0, 0.1) is 0 Å². The summed E-state index contributed by atoms with van der Waals surface area (Å²) in [5, 5.41) is 0. The van der Waals surface area contributed by atoms with E-state index in [1.54, 1.807) is 24.3 Å². The van der Waals surface area contributed by atoms with Crippen molar-refractivity contribution >= 4 is 5.91 Å². The number of nitrogens with two attached hydrogens (primary N) is 1. The summed E-state index contributed by atoms with van der Waals surface area (Å²) in [4.78, 5) is 11.4.